The standard InChI is InChI=1S/C7H16O2.2CH4/c1-4-9-6-7(2)5-8-3;;/h7H,4-6H2,1-3H3;2*1H4. The quantitative estimate of drug-likeness (QED) is 0.622. The lowest BCUT2D eigenvalue weighted by Crippen LogP contribution is -2.11. The summed E-state index contributed by atoms with van der Waals surface area (Å²) < 4.78 is 10.1. The summed E-state index contributed by atoms with van der Waals surface area (Å²) in [6.45, 7) is 6.51. The average molecular weight is 164 g/mol. The fourth-order valence-corrected chi connectivity index (χ4v) is 0.652. The van der Waals surface area contributed by atoms with Crippen molar-refractivity contribution in [3.05, 3.63) is 0 Å². The van der Waals surface area contributed by atoms with Crippen molar-refractivity contribution >= 4 is 0 Å². The van der Waals surface area contributed by atoms with Crippen LogP contribution in [0.2, 0.25) is 0 Å². The minimum Gasteiger partial charge on any atom is -0.384 e. The van der Waals surface area contributed by atoms with Gasteiger partial charge in [-0.05, 0) is 6.92 Å². The molecule has 1 atom stereocenters. The maximum atomic E-state index is 5.17. The predicted octanol–water partition coefficient (Wildman–Crippen LogP) is 2.58. The largest absolute Gasteiger partial charge is 0.384 e. The molecule has 0 aromatic heterocycles. The number of hydrogen-bond donors (Lipinski definition) is 0. The van der Waals surface area contributed by atoms with Crippen LogP contribution in [0.5, 0.6) is 0 Å². The molecule has 0 fully saturated rings. The summed E-state index contributed by atoms with van der Waals surface area (Å²) in [5, 5.41) is 0. The summed E-state index contributed by atoms with van der Waals surface area (Å²) >= 11 is 0. The Morgan fingerprint density at radius 2 is 1.73 bits per heavy atom. The first-order valence-corrected chi connectivity index (χ1v) is 3.38. The molecule has 72 valence electrons. The van der Waals surface area contributed by atoms with E-state index in [4.69, 9.17) is 9.47 Å². The van der Waals surface area contributed by atoms with Crippen LogP contribution in [0.4, 0.5) is 0 Å². The van der Waals surface area contributed by atoms with Crippen LogP contribution in [0.15, 0.2) is 0 Å². The van der Waals surface area contributed by atoms with E-state index in [0.29, 0.717) is 5.92 Å². The van der Waals surface area contributed by atoms with Crippen molar-refractivity contribution in [2.24, 2.45) is 5.92 Å². The van der Waals surface area contributed by atoms with Crippen molar-refractivity contribution in [2.75, 3.05) is 26.9 Å². The lowest BCUT2D eigenvalue weighted by molar-refractivity contribution is 0.0712. The molecular formula is C9H24O2. The lowest BCUT2D eigenvalue weighted by Gasteiger charge is -2.08. The molecule has 0 spiro atoms. The van der Waals surface area contributed by atoms with Gasteiger partial charge in [-0.25, -0.2) is 0 Å². The highest BCUT2D eigenvalue weighted by atomic mass is 16.5. The maximum Gasteiger partial charge on any atom is 0.0513 e. The van der Waals surface area contributed by atoms with Gasteiger partial charge in [-0.15, -0.1) is 0 Å². The Balaban J connectivity index is -0.000000320. The number of methoxy groups -OCH3 is 1. The van der Waals surface area contributed by atoms with Gasteiger partial charge < -0.3 is 9.47 Å². The van der Waals surface area contributed by atoms with E-state index in [2.05, 4.69) is 6.92 Å². The number of ether oxygens (including phenoxy) is 2. The highest BCUT2D eigenvalue weighted by Crippen LogP contribution is 1.94. The Morgan fingerprint density at radius 3 is 2.09 bits per heavy atom. The van der Waals surface area contributed by atoms with Gasteiger partial charge in [-0.1, -0.05) is 21.8 Å². The smallest absolute Gasteiger partial charge is 0.0513 e. The second-order valence-electron chi connectivity index (χ2n) is 2.22. The molecule has 0 N–H and O–H groups in total. The van der Waals surface area contributed by atoms with Crippen LogP contribution in [0.3, 0.4) is 0 Å². The van der Waals surface area contributed by atoms with Gasteiger partial charge in [0.25, 0.3) is 0 Å². The summed E-state index contributed by atoms with van der Waals surface area (Å²) in [5.41, 5.74) is 0. The Morgan fingerprint density at radius 1 is 1.18 bits per heavy atom. The van der Waals surface area contributed by atoms with E-state index in [-0.39, 0.29) is 14.9 Å². The first-order valence-electron chi connectivity index (χ1n) is 3.38. The third-order valence-electron chi connectivity index (χ3n) is 1.06. The van der Waals surface area contributed by atoms with Crippen molar-refractivity contribution in [1.29, 1.82) is 0 Å². The van der Waals surface area contributed by atoms with E-state index in [0.717, 1.165) is 19.8 Å². The van der Waals surface area contributed by atoms with E-state index in [1.807, 2.05) is 6.92 Å². The number of hydrogen-bond acceptors (Lipinski definition) is 2. The molecule has 0 radical (unpaired) electrons. The minimum absolute atomic E-state index is 0. The molecule has 0 bridgehead atoms. The fraction of sp³-hybridized carbons (Fsp3) is 1.00. The van der Waals surface area contributed by atoms with Crippen molar-refractivity contribution in [3.63, 3.8) is 0 Å². The van der Waals surface area contributed by atoms with Crippen molar-refractivity contribution < 1.29 is 9.47 Å². The van der Waals surface area contributed by atoms with Crippen molar-refractivity contribution in [1.82, 2.24) is 0 Å². The molecular weight excluding hydrogens is 140 g/mol. The molecule has 0 rings (SSSR count). The van der Waals surface area contributed by atoms with Crippen LogP contribution in [0, 0.1) is 5.92 Å². The van der Waals surface area contributed by atoms with Gasteiger partial charge in [0.2, 0.25) is 0 Å². The van der Waals surface area contributed by atoms with Crippen LogP contribution >= 0.6 is 0 Å². The summed E-state index contributed by atoms with van der Waals surface area (Å²) in [6, 6.07) is 0. The molecule has 0 amide bonds. The second-order valence-corrected chi connectivity index (χ2v) is 2.22. The van der Waals surface area contributed by atoms with Gasteiger partial charge in [0.05, 0.1) is 13.2 Å². The van der Waals surface area contributed by atoms with E-state index in [1.165, 1.54) is 0 Å². The summed E-state index contributed by atoms with van der Waals surface area (Å²) in [5.74, 6) is 0.523. The maximum absolute atomic E-state index is 5.17. The molecule has 0 aliphatic rings. The first-order chi connectivity index (χ1) is 4.31. The van der Waals surface area contributed by atoms with Gasteiger partial charge in [0, 0.05) is 19.6 Å². The van der Waals surface area contributed by atoms with Gasteiger partial charge in [0.1, 0.15) is 0 Å². The van der Waals surface area contributed by atoms with Crippen molar-refractivity contribution in [2.45, 2.75) is 28.7 Å². The second kappa shape index (κ2) is 12.6. The summed E-state index contributed by atoms with van der Waals surface area (Å²) in [6.07, 6.45) is 0. The predicted molar refractivity (Wildman–Crippen MR) is 51.0 cm³/mol. The Labute approximate surface area is 71.9 Å². The molecule has 0 heterocycles. The molecule has 0 saturated heterocycles. The first kappa shape index (κ1) is 17.1. The van der Waals surface area contributed by atoms with Crippen LogP contribution in [0.1, 0.15) is 28.7 Å². The van der Waals surface area contributed by atoms with E-state index in [1.54, 1.807) is 7.11 Å². The zero-order valence-electron chi connectivity index (χ0n) is 6.52. The van der Waals surface area contributed by atoms with Crippen LogP contribution in [-0.2, 0) is 9.47 Å². The topological polar surface area (TPSA) is 18.5 Å². The normalized spacial score (nSPS) is 11.2. The fourth-order valence-electron chi connectivity index (χ4n) is 0.652. The summed E-state index contributed by atoms with van der Waals surface area (Å²) in [4.78, 5) is 0. The molecule has 11 heavy (non-hydrogen) atoms. The Bertz CT molecular complexity index is 55.5. The zero-order valence-corrected chi connectivity index (χ0v) is 6.52. The lowest BCUT2D eigenvalue weighted by atomic mass is 10.2. The van der Waals surface area contributed by atoms with E-state index in [9.17, 15) is 0 Å². The van der Waals surface area contributed by atoms with Crippen LogP contribution in [0.25, 0.3) is 0 Å². The third-order valence-corrected chi connectivity index (χ3v) is 1.06. The third kappa shape index (κ3) is 13.0. The molecule has 1 unspecified atom stereocenters. The Kier molecular flexibility index (Phi) is 19.6. The molecule has 0 aromatic rings. The molecule has 2 nitrogen and oxygen atoms in total. The number of rotatable bonds is 5. The molecule has 0 aliphatic carbocycles. The van der Waals surface area contributed by atoms with E-state index < -0.39 is 0 Å². The average Bonchev–Trinajstić information content (AvgIpc) is 1.85. The SMILES string of the molecule is C.C.CCOCC(C)COC. The Hall–Kier alpha value is -0.0800. The minimum atomic E-state index is 0. The molecule has 0 aromatic carbocycles. The highest BCUT2D eigenvalue weighted by molar-refractivity contribution is 4.46. The van der Waals surface area contributed by atoms with Gasteiger partial charge >= 0.3 is 0 Å². The molecule has 0 saturated carbocycles. The van der Waals surface area contributed by atoms with Crippen LogP contribution in [-0.4, -0.2) is 26.9 Å². The molecule has 0 aliphatic heterocycles. The van der Waals surface area contributed by atoms with Gasteiger partial charge in [0.15, 0.2) is 0 Å². The highest BCUT2D eigenvalue weighted by Gasteiger charge is 1.98. The molecule has 2 heteroatoms. The van der Waals surface area contributed by atoms with Crippen LogP contribution < -0.4 is 0 Å². The zero-order chi connectivity index (χ0) is 7.11. The van der Waals surface area contributed by atoms with Gasteiger partial charge in [-0.2, -0.15) is 0 Å². The van der Waals surface area contributed by atoms with Gasteiger partial charge in [-0.3, -0.25) is 0 Å². The monoisotopic (exact) mass is 164 g/mol. The summed E-state index contributed by atoms with van der Waals surface area (Å²) in [7, 11) is 1.71. The van der Waals surface area contributed by atoms with E-state index >= 15 is 0 Å². The van der Waals surface area contributed by atoms with Crippen molar-refractivity contribution in [3.8, 4) is 0 Å².